The molecule has 94 valence electrons. The number of nitrogens with zero attached hydrogens (tertiary/aromatic N) is 1. The molecular weight excluding hydrogens is 204 g/mol. The molecule has 0 bridgehead atoms. The molecule has 2 N–H and O–H groups in total. The van der Waals surface area contributed by atoms with Crippen molar-refractivity contribution in [1.29, 1.82) is 0 Å². The Bertz CT molecular complexity index is 231. The summed E-state index contributed by atoms with van der Waals surface area (Å²) in [4.78, 5) is 13.9. The molecule has 0 aromatic carbocycles. The van der Waals surface area contributed by atoms with E-state index >= 15 is 0 Å². The monoisotopic (exact) mass is 228 g/mol. The summed E-state index contributed by atoms with van der Waals surface area (Å²) in [5.41, 5.74) is 5.90. The van der Waals surface area contributed by atoms with E-state index in [1.165, 1.54) is 0 Å². The van der Waals surface area contributed by atoms with Gasteiger partial charge in [-0.2, -0.15) is 0 Å². The van der Waals surface area contributed by atoms with Crippen LogP contribution in [0.2, 0.25) is 0 Å². The third-order valence-corrected chi connectivity index (χ3v) is 2.95. The fourth-order valence-corrected chi connectivity index (χ4v) is 2.01. The van der Waals surface area contributed by atoms with Crippen LogP contribution in [0.15, 0.2) is 0 Å². The predicted molar refractivity (Wildman–Crippen MR) is 64.0 cm³/mol. The Labute approximate surface area is 98.1 Å². The molecule has 0 aromatic rings. The second-order valence-corrected chi connectivity index (χ2v) is 4.92. The summed E-state index contributed by atoms with van der Waals surface area (Å²) in [5.74, 6) is 0.539. The van der Waals surface area contributed by atoms with Gasteiger partial charge in [0.2, 0.25) is 5.91 Å². The molecule has 1 fully saturated rings. The molecule has 1 unspecified atom stereocenters. The molecule has 1 aliphatic heterocycles. The maximum atomic E-state index is 12.0. The number of carbonyl (C=O) groups is 1. The molecule has 1 rings (SSSR count). The maximum absolute atomic E-state index is 12.0. The topological polar surface area (TPSA) is 55.6 Å². The van der Waals surface area contributed by atoms with Crippen LogP contribution in [0.25, 0.3) is 0 Å². The summed E-state index contributed by atoms with van der Waals surface area (Å²) in [6.45, 7) is 8.26. The number of morpholine rings is 1. The van der Waals surface area contributed by atoms with Crippen molar-refractivity contribution in [3.8, 4) is 0 Å². The van der Waals surface area contributed by atoms with Crippen molar-refractivity contribution in [1.82, 2.24) is 4.90 Å². The van der Waals surface area contributed by atoms with Gasteiger partial charge < -0.3 is 15.4 Å². The quantitative estimate of drug-likeness (QED) is 0.781. The molecule has 0 aromatic heterocycles. The Morgan fingerprint density at radius 2 is 2.25 bits per heavy atom. The zero-order chi connectivity index (χ0) is 12.1. The van der Waals surface area contributed by atoms with Gasteiger partial charge in [0.05, 0.1) is 18.8 Å². The van der Waals surface area contributed by atoms with Gasteiger partial charge in [-0.3, -0.25) is 4.79 Å². The minimum absolute atomic E-state index is 0.0791. The van der Waals surface area contributed by atoms with Crippen LogP contribution in [0.3, 0.4) is 0 Å². The summed E-state index contributed by atoms with van der Waals surface area (Å²) < 4.78 is 5.53. The van der Waals surface area contributed by atoms with Gasteiger partial charge in [0.1, 0.15) is 0 Å². The first-order valence-corrected chi connectivity index (χ1v) is 6.20. The van der Waals surface area contributed by atoms with Crippen molar-refractivity contribution in [3.05, 3.63) is 0 Å². The fourth-order valence-electron chi connectivity index (χ4n) is 2.01. The van der Waals surface area contributed by atoms with E-state index in [2.05, 4.69) is 20.8 Å². The van der Waals surface area contributed by atoms with Gasteiger partial charge >= 0.3 is 0 Å². The average Bonchev–Trinajstić information content (AvgIpc) is 2.27. The molecule has 1 aliphatic rings. The normalized spacial score (nSPS) is 23.6. The Kier molecular flexibility index (Phi) is 5.22. The zero-order valence-electron chi connectivity index (χ0n) is 10.6. The van der Waals surface area contributed by atoms with Crippen LogP contribution in [0.4, 0.5) is 0 Å². The van der Waals surface area contributed by atoms with Crippen LogP contribution in [-0.2, 0) is 9.53 Å². The van der Waals surface area contributed by atoms with Crippen LogP contribution in [0.1, 0.15) is 33.6 Å². The minimum Gasteiger partial charge on any atom is -0.375 e. The molecule has 0 saturated carbocycles. The summed E-state index contributed by atoms with van der Waals surface area (Å²) in [6, 6.07) is -0.351. The smallest absolute Gasteiger partial charge is 0.239 e. The lowest BCUT2D eigenvalue weighted by Crippen LogP contribution is -2.51. The van der Waals surface area contributed by atoms with Crippen molar-refractivity contribution in [2.45, 2.75) is 45.8 Å². The van der Waals surface area contributed by atoms with E-state index in [0.29, 0.717) is 25.6 Å². The minimum atomic E-state index is -0.351. The Balaban J connectivity index is 2.46. The van der Waals surface area contributed by atoms with Crippen molar-refractivity contribution >= 4 is 5.91 Å². The SMILES string of the molecule is CCC1CN(C(=O)[C@@H](N)CC(C)C)CCO1. The highest BCUT2D eigenvalue weighted by Crippen LogP contribution is 2.11. The van der Waals surface area contributed by atoms with E-state index in [1.54, 1.807) is 0 Å². The highest BCUT2D eigenvalue weighted by atomic mass is 16.5. The molecule has 4 nitrogen and oxygen atoms in total. The Hall–Kier alpha value is -0.610. The predicted octanol–water partition coefficient (Wildman–Crippen LogP) is 0.997. The molecule has 2 atom stereocenters. The maximum Gasteiger partial charge on any atom is 0.239 e. The molecule has 1 amide bonds. The van der Waals surface area contributed by atoms with Gasteiger partial charge in [-0.1, -0.05) is 20.8 Å². The number of carbonyl (C=O) groups excluding carboxylic acids is 1. The summed E-state index contributed by atoms with van der Waals surface area (Å²) in [7, 11) is 0. The van der Waals surface area contributed by atoms with E-state index < -0.39 is 0 Å². The second-order valence-electron chi connectivity index (χ2n) is 4.92. The Morgan fingerprint density at radius 3 is 2.81 bits per heavy atom. The van der Waals surface area contributed by atoms with Gasteiger partial charge in [0, 0.05) is 13.1 Å². The number of amides is 1. The third kappa shape index (κ3) is 3.76. The van der Waals surface area contributed by atoms with Crippen LogP contribution < -0.4 is 5.73 Å². The number of hydrogen-bond acceptors (Lipinski definition) is 3. The molecule has 0 radical (unpaired) electrons. The van der Waals surface area contributed by atoms with Crippen LogP contribution >= 0.6 is 0 Å². The summed E-state index contributed by atoms with van der Waals surface area (Å²) >= 11 is 0. The first-order chi connectivity index (χ1) is 7.54. The first kappa shape index (κ1) is 13.5. The van der Waals surface area contributed by atoms with E-state index in [4.69, 9.17) is 10.5 Å². The number of hydrogen-bond donors (Lipinski definition) is 1. The number of ether oxygens (including phenoxy) is 1. The van der Waals surface area contributed by atoms with Crippen molar-refractivity contribution in [2.24, 2.45) is 11.7 Å². The van der Waals surface area contributed by atoms with Gasteiger partial charge in [-0.25, -0.2) is 0 Å². The largest absolute Gasteiger partial charge is 0.375 e. The van der Waals surface area contributed by atoms with Gasteiger partial charge in [0.25, 0.3) is 0 Å². The van der Waals surface area contributed by atoms with Crippen molar-refractivity contribution in [2.75, 3.05) is 19.7 Å². The van der Waals surface area contributed by atoms with Gasteiger partial charge in [-0.05, 0) is 18.8 Å². The highest BCUT2D eigenvalue weighted by Gasteiger charge is 2.26. The van der Waals surface area contributed by atoms with Crippen molar-refractivity contribution in [3.63, 3.8) is 0 Å². The van der Waals surface area contributed by atoms with E-state index in [1.807, 2.05) is 4.90 Å². The molecule has 4 heteroatoms. The van der Waals surface area contributed by atoms with E-state index in [9.17, 15) is 4.79 Å². The van der Waals surface area contributed by atoms with E-state index in [-0.39, 0.29) is 18.1 Å². The molecule has 1 heterocycles. The number of nitrogens with two attached hydrogens (primary N) is 1. The van der Waals surface area contributed by atoms with Crippen LogP contribution in [0.5, 0.6) is 0 Å². The summed E-state index contributed by atoms with van der Waals surface area (Å²) in [5, 5.41) is 0. The average molecular weight is 228 g/mol. The van der Waals surface area contributed by atoms with Crippen LogP contribution in [0, 0.1) is 5.92 Å². The van der Waals surface area contributed by atoms with Crippen molar-refractivity contribution < 1.29 is 9.53 Å². The van der Waals surface area contributed by atoms with E-state index in [0.717, 1.165) is 12.8 Å². The molecule has 0 spiro atoms. The standard InChI is InChI=1S/C12H24N2O2/c1-4-10-8-14(5-6-16-10)12(15)11(13)7-9(2)3/h9-11H,4-8,13H2,1-3H3/t10?,11-/m0/s1. The van der Waals surface area contributed by atoms with Gasteiger partial charge in [0.15, 0.2) is 0 Å². The Morgan fingerprint density at radius 1 is 1.56 bits per heavy atom. The summed E-state index contributed by atoms with van der Waals surface area (Å²) in [6.07, 6.45) is 1.89. The zero-order valence-corrected chi connectivity index (χ0v) is 10.6. The lowest BCUT2D eigenvalue weighted by Gasteiger charge is -2.34. The lowest BCUT2D eigenvalue weighted by molar-refractivity contribution is -0.140. The first-order valence-electron chi connectivity index (χ1n) is 6.20. The lowest BCUT2D eigenvalue weighted by atomic mass is 10.0. The second kappa shape index (κ2) is 6.21. The molecule has 0 aliphatic carbocycles. The third-order valence-electron chi connectivity index (χ3n) is 2.95. The number of rotatable bonds is 4. The molecular formula is C12H24N2O2. The van der Waals surface area contributed by atoms with Gasteiger partial charge in [-0.15, -0.1) is 0 Å². The fraction of sp³-hybridized carbons (Fsp3) is 0.917. The molecule has 1 saturated heterocycles. The molecule has 16 heavy (non-hydrogen) atoms. The highest BCUT2D eigenvalue weighted by molar-refractivity contribution is 5.81. The van der Waals surface area contributed by atoms with Crippen LogP contribution in [-0.4, -0.2) is 42.6 Å².